The van der Waals surface area contributed by atoms with Crippen molar-refractivity contribution in [2.24, 2.45) is 0 Å². The normalized spacial score (nSPS) is 13.5. The molecule has 0 radical (unpaired) electrons. The van der Waals surface area contributed by atoms with Crippen LogP contribution < -0.4 is 0 Å². The molecule has 0 atom stereocenters. The van der Waals surface area contributed by atoms with Crippen LogP contribution in [0.2, 0.25) is 0 Å². The average molecular weight is 178 g/mol. The molecule has 0 aliphatic carbocycles. The fourth-order valence-corrected chi connectivity index (χ4v) is 0.468. The van der Waals surface area contributed by atoms with E-state index in [0.717, 1.165) is 6.08 Å². The zero-order valence-electron chi connectivity index (χ0n) is 6.56. The van der Waals surface area contributed by atoms with Crippen LogP contribution in [0.15, 0.2) is 36.6 Å². The third-order valence-electron chi connectivity index (χ3n) is 0.888. The minimum absolute atomic E-state index is 0.319. The van der Waals surface area contributed by atoms with E-state index in [9.17, 15) is 13.2 Å². The van der Waals surface area contributed by atoms with Crippen molar-refractivity contribution in [2.75, 3.05) is 0 Å². The van der Waals surface area contributed by atoms with E-state index in [4.69, 9.17) is 0 Å². The van der Waals surface area contributed by atoms with Crippen LogP contribution in [0.3, 0.4) is 0 Å². The first-order valence-corrected chi connectivity index (χ1v) is 3.20. The maximum atomic E-state index is 11.6. The lowest BCUT2D eigenvalue weighted by Gasteiger charge is -2.07. The number of halogens is 3. The Morgan fingerprint density at radius 3 is 2.33 bits per heavy atom. The highest BCUT2D eigenvalue weighted by Gasteiger charge is 2.31. The minimum Gasteiger partial charge on any atom is -0.406 e. The second kappa shape index (κ2) is 4.64. The minimum atomic E-state index is -4.65. The molecule has 0 bridgehead atoms. The van der Waals surface area contributed by atoms with Gasteiger partial charge in [-0.15, -0.1) is 13.2 Å². The molecule has 0 aromatic carbocycles. The molecule has 0 aromatic rings. The van der Waals surface area contributed by atoms with Crippen molar-refractivity contribution in [3.8, 4) is 0 Å². The zero-order chi connectivity index (χ0) is 9.61. The Morgan fingerprint density at radius 2 is 2.00 bits per heavy atom. The van der Waals surface area contributed by atoms with Gasteiger partial charge in [-0.05, 0) is 19.1 Å². The smallest absolute Gasteiger partial charge is 0.406 e. The zero-order valence-corrected chi connectivity index (χ0v) is 6.56. The quantitative estimate of drug-likeness (QED) is 0.476. The Morgan fingerprint density at radius 1 is 1.42 bits per heavy atom. The molecule has 12 heavy (non-hydrogen) atoms. The van der Waals surface area contributed by atoms with Crippen molar-refractivity contribution in [1.29, 1.82) is 0 Å². The monoisotopic (exact) mass is 178 g/mol. The average Bonchev–Trinajstić information content (AvgIpc) is 1.95. The molecule has 1 nitrogen and oxygen atoms in total. The van der Waals surface area contributed by atoms with E-state index in [-0.39, 0.29) is 5.76 Å². The van der Waals surface area contributed by atoms with Gasteiger partial charge >= 0.3 is 6.36 Å². The highest BCUT2D eigenvalue weighted by Crippen LogP contribution is 2.20. The molecular weight excluding hydrogens is 169 g/mol. The van der Waals surface area contributed by atoms with E-state index >= 15 is 0 Å². The van der Waals surface area contributed by atoms with Crippen molar-refractivity contribution in [2.45, 2.75) is 13.3 Å². The van der Waals surface area contributed by atoms with Crippen LogP contribution >= 0.6 is 0 Å². The third kappa shape index (κ3) is 5.58. The number of rotatable bonds is 3. The Kier molecular flexibility index (Phi) is 4.18. The molecule has 0 rings (SSSR count). The standard InChI is InChI=1S/C8H9F3O/c1-3-5-6-7(4-2)12-8(9,10)11/h3-6H,2H2,1H3/b5-3-,7-6+. The van der Waals surface area contributed by atoms with E-state index in [2.05, 4.69) is 11.3 Å². The molecule has 0 aliphatic rings. The van der Waals surface area contributed by atoms with Gasteiger partial charge in [0.25, 0.3) is 0 Å². The number of alkyl halides is 3. The van der Waals surface area contributed by atoms with Crippen molar-refractivity contribution in [3.05, 3.63) is 36.6 Å². The first-order chi connectivity index (χ1) is 5.49. The Balaban J connectivity index is 4.28. The fraction of sp³-hybridized carbons (Fsp3) is 0.250. The van der Waals surface area contributed by atoms with E-state index in [0.29, 0.717) is 0 Å². The molecule has 0 unspecified atom stereocenters. The summed E-state index contributed by atoms with van der Waals surface area (Å²) in [7, 11) is 0. The summed E-state index contributed by atoms with van der Waals surface area (Å²) >= 11 is 0. The first kappa shape index (κ1) is 10.8. The second-order valence-corrected chi connectivity index (χ2v) is 1.85. The topological polar surface area (TPSA) is 9.23 Å². The lowest BCUT2D eigenvalue weighted by Crippen LogP contribution is -2.11. The molecule has 0 aliphatic heterocycles. The molecule has 0 fully saturated rings. The van der Waals surface area contributed by atoms with Crippen LogP contribution in [0.5, 0.6) is 0 Å². The third-order valence-corrected chi connectivity index (χ3v) is 0.888. The van der Waals surface area contributed by atoms with Crippen molar-refractivity contribution in [3.63, 3.8) is 0 Å². The summed E-state index contributed by atoms with van der Waals surface area (Å²) in [6.07, 6.45) is 0.543. The van der Waals surface area contributed by atoms with Gasteiger partial charge in [-0.3, -0.25) is 0 Å². The van der Waals surface area contributed by atoms with E-state index in [1.165, 1.54) is 12.2 Å². The van der Waals surface area contributed by atoms with Crippen LogP contribution in [-0.2, 0) is 4.74 Å². The summed E-state index contributed by atoms with van der Waals surface area (Å²) in [5.74, 6) is -0.319. The highest BCUT2D eigenvalue weighted by atomic mass is 19.4. The highest BCUT2D eigenvalue weighted by molar-refractivity contribution is 5.16. The van der Waals surface area contributed by atoms with Crippen LogP contribution in [0.1, 0.15) is 6.92 Å². The number of allylic oxidation sites excluding steroid dienone is 4. The van der Waals surface area contributed by atoms with Crippen molar-refractivity contribution >= 4 is 0 Å². The van der Waals surface area contributed by atoms with Gasteiger partial charge in [-0.25, -0.2) is 0 Å². The summed E-state index contributed by atoms with van der Waals surface area (Å²) in [4.78, 5) is 0. The second-order valence-electron chi connectivity index (χ2n) is 1.85. The molecule has 4 heteroatoms. The van der Waals surface area contributed by atoms with Gasteiger partial charge in [0.15, 0.2) is 0 Å². The van der Waals surface area contributed by atoms with E-state index < -0.39 is 6.36 Å². The molecule has 0 aromatic heterocycles. The maximum Gasteiger partial charge on any atom is 0.573 e. The summed E-state index contributed by atoms with van der Waals surface area (Å²) in [5.41, 5.74) is 0. The Bertz CT molecular complexity index is 201. The van der Waals surface area contributed by atoms with Gasteiger partial charge < -0.3 is 4.74 Å². The van der Waals surface area contributed by atoms with Gasteiger partial charge in [0, 0.05) is 0 Å². The van der Waals surface area contributed by atoms with Crippen LogP contribution in [0.4, 0.5) is 13.2 Å². The Labute approximate surface area is 68.8 Å². The van der Waals surface area contributed by atoms with Gasteiger partial charge in [-0.1, -0.05) is 18.7 Å². The number of hydrogen-bond acceptors (Lipinski definition) is 1. The summed E-state index contributed by atoms with van der Waals surface area (Å²) in [6, 6.07) is 0. The van der Waals surface area contributed by atoms with Crippen molar-refractivity contribution < 1.29 is 17.9 Å². The molecule has 0 spiro atoms. The molecule has 0 saturated carbocycles. The Hall–Kier alpha value is -1.19. The predicted molar refractivity (Wildman–Crippen MR) is 40.2 cm³/mol. The van der Waals surface area contributed by atoms with Gasteiger partial charge in [0.1, 0.15) is 5.76 Å². The lowest BCUT2D eigenvalue weighted by molar-refractivity contribution is -0.303. The molecular formula is C8H9F3O. The van der Waals surface area contributed by atoms with Gasteiger partial charge in [0.05, 0.1) is 0 Å². The number of hydrogen-bond donors (Lipinski definition) is 0. The van der Waals surface area contributed by atoms with Crippen molar-refractivity contribution in [1.82, 2.24) is 0 Å². The molecule has 0 saturated heterocycles. The van der Waals surface area contributed by atoms with E-state index in [1.54, 1.807) is 13.0 Å². The number of ether oxygens (including phenoxy) is 1. The predicted octanol–water partition coefficient (Wildman–Crippen LogP) is 3.17. The van der Waals surface area contributed by atoms with Gasteiger partial charge in [0.2, 0.25) is 0 Å². The molecule has 0 amide bonds. The summed E-state index contributed by atoms with van der Waals surface area (Å²) in [5, 5.41) is 0. The first-order valence-electron chi connectivity index (χ1n) is 3.20. The van der Waals surface area contributed by atoms with Crippen LogP contribution in [0.25, 0.3) is 0 Å². The van der Waals surface area contributed by atoms with Crippen LogP contribution in [-0.4, -0.2) is 6.36 Å². The maximum absolute atomic E-state index is 11.6. The largest absolute Gasteiger partial charge is 0.573 e. The summed E-state index contributed by atoms with van der Waals surface area (Å²) in [6.45, 7) is 4.86. The molecule has 0 N–H and O–H groups in total. The van der Waals surface area contributed by atoms with Crippen LogP contribution in [0, 0.1) is 0 Å². The van der Waals surface area contributed by atoms with Gasteiger partial charge in [-0.2, -0.15) is 0 Å². The molecule has 68 valence electrons. The molecule has 0 heterocycles. The van der Waals surface area contributed by atoms with E-state index in [1.807, 2.05) is 0 Å². The SMILES string of the molecule is C=C/C(=C\C=C/C)OC(F)(F)F. The summed E-state index contributed by atoms with van der Waals surface area (Å²) < 4.78 is 38.3. The lowest BCUT2D eigenvalue weighted by atomic mass is 10.4. The fourth-order valence-electron chi connectivity index (χ4n) is 0.468.